The van der Waals surface area contributed by atoms with E-state index in [1.165, 1.54) is 0 Å². The number of nitrogens with two attached hydrogens (primary N) is 1. The van der Waals surface area contributed by atoms with Crippen LogP contribution in [0.2, 0.25) is 5.02 Å². The number of methoxy groups -OCH3 is 1. The van der Waals surface area contributed by atoms with E-state index in [0.717, 1.165) is 11.1 Å². The molecule has 0 saturated carbocycles. The Kier molecular flexibility index (Phi) is 6.69. The summed E-state index contributed by atoms with van der Waals surface area (Å²) >= 11 is 6.36. The van der Waals surface area contributed by atoms with Crippen LogP contribution < -0.4 is 15.4 Å². The van der Waals surface area contributed by atoms with Crippen molar-refractivity contribution in [3.63, 3.8) is 0 Å². The van der Waals surface area contributed by atoms with Crippen molar-refractivity contribution in [1.82, 2.24) is 0 Å². The molecule has 0 aliphatic heterocycles. The molecule has 0 aliphatic carbocycles. The molecule has 0 heterocycles. The van der Waals surface area contributed by atoms with Crippen molar-refractivity contribution < 1.29 is 14.8 Å². The van der Waals surface area contributed by atoms with Gasteiger partial charge in [-0.1, -0.05) is 66.2 Å². The summed E-state index contributed by atoms with van der Waals surface area (Å²) < 4.78 is 5.24. The quantitative estimate of drug-likeness (QED) is 0.624. The Morgan fingerprint density at radius 1 is 1.00 bits per heavy atom. The zero-order valence-electron chi connectivity index (χ0n) is 15.9. The van der Waals surface area contributed by atoms with E-state index < -0.39 is 6.04 Å². The van der Waals surface area contributed by atoms with Crippen molar-refractivity contribution in [2.45, 2.75) is 19.0 Å². The third kappa shape index (κ3) is 4.91. The summed E-state index contributed by atoms with van der Waals surface area (Å²) in [5.41, 5.74) is 2.63. The lowest BCUT2D eigenvalue weighted by Gasteiger charge is -2.21. The van der Waals surface area contributed by atoms with Gasteiger partial charge in [-0.15, -0.1) is 0 Å². The number of ether oxygens (including phenoxy) is 1. The lowest BCUT2D eigenvalue weighted by molar-refractivity contribution is -0.718. The molecule has 3 aromatic rings. The Balaban J connectivity index is 1.84. The van der Waals surface area contributed by atoms with E-state index in [2.05, 4.69) is 12.2 Å². The summed E-state index contributed by atoms with van der Waals surface area (Å²) in [7, 11) is 1.60. The van der Waals surface area contributed by atoms with Gasteiger partial charge in [-0.05, 0) is 25.1 Å². The molecule has 1 amide bonds. The van der Waals surface area contributed by atoms with Gasteiger partial charge in [-0.2, -0.15) is 0 Å². The van der Waals surface area contributed by atoms with Gasteiger partial charge in [-0.3, -0.25) is 4.79 Å². The Labute approximate surface area is 170 Å². The summed E-state index contributed by atoms with van der Waals surface area (Å²) in [6, 6.07) is 24.4. The summed E-state index contributed by atoms with van der Waals surface area (Å²) in [5, 5.41) is 5.74. The molecule has 28 heavy (non-hydrogen) atoms. The van der Waals surface area contributed by atoms with Gasteiger partial charge in [0.2, 0.25) is 0 Å². The van der Waals surface area contributed by atoms with Crippen LogP contribution in [-0.2, 0) is 4.79 Å². The number of halogens is 1. The normalized spacial score (nSPS) is 12.8. The number of hydrogen-bond donors (Lipinski definition) is 2. The number of quaternary nitrogens is 1. The number of carbonyl (C=O) groups excluding carboxylic acids is 1. The second kappa shape index (κ2) is 9.40. The van der Waals surface area contributed by atoms with Gasteiger partial charge >= 0.3 is 0 Å². The summed E-state index contributed by atoms with van der Waals surface area (Å²) in [5.74, 6) is 0.598. The van der Waals surface area contributed by atoms with E-state index >= 15 is 0 Å². The number of carbonyl (C=O) groups is 1. The molecule has 0 fully saturated rings. The van der Waals surface area contributed by atoms with Crippen LogP contribution in [0.15, 0.2) is 78.9 Å². The fourth-order valence-electron chi connectivity index (χ4n) is 3.17. The summed E-state index contributed by atoms with van der Waals surface area (Å²) in [6.45, 7) is 2.05. The first-order valence-corrected chi connectivity index (χ1v) is 9.55. The molecular weight excluding hydrogens is 372 g/mol. The van der Waals surface area contributed by atoms with Crippen LogP contribution >= 0.6 is 11.6 Å². The Morgan fingerprint density at radius 3 is 2.43 bits per heavy atom. The lowest BCUT2D eigenvalue weighted by Crippen LogP contribution is -2.87. The maximum Gasteiger partial charge on any atom is 0.287 e. The Bertz CT molecular complexity index is 931. The second-order valence-corrected chi connectivity index (χ2v) is 7.02. The Morgan fingerprint density at radius 2 is 1.71 bits per heavy atom. The number of nitrogens with one attached hydrogen (secondary N) is 1. The average molecular weight is 396 g/mol. The van der Waals surface area contributed by atoms with Gasteiger partial charge in [0.15, 0.2) is 6.04 Å². The molecule has 3 rings (SSSR count). The van der Waals surface area contributed by atoms with Crippen molar-refractivity contribution in [3.05, 3.63) is 95.0 Å². The van der Waals surface area contributed by atoms with Crippen LogP contribution in [0.3, 0.4) is 0 Å². The zero-order valence-corrected chi connectivity index (χ0v) is 16.7. The molecule has 5 heteroatoms. The number of anilines is 1. The van der Waals surface area contributed by atoms with Crippen molar-refractivity contribution in [3.8, 4) is 5.75 Å². The molecular formula is C23H24ClN2O2+. The third-order valence-electron chi connectivity index (χ3n) is 4.66. The standard InChI is InChI=1S/C23H23ClN2O2/c1-16(20-13-6-7-14-21(20)24)25-22(17-9-4-3-5-10-17)23(27)26-18-11-8-12-19(15-18)28-2/h3-16,22,25H,1-2H3,(H,26,27)/p+1/t16-,22+/m0/s1. The highest BCUT2D eigenvalue weighted by molar-refractivity contribution is 6.31. The maximum atomic E-state index is 13.1. The first kappa shape index (κ1) is 19.9. The van der Waals surface area contributed by atoms with Crippen LogP contribution in [0.25, 0.3) is 0 Å². The van der Waals surface area contributed by atoms with E-state index in [4.69, 9.17) is 16.3 Å². The highest BCUT2D eigenvalue weighted by atomic mass is 35.5. The minimum absolute atomic E-state index is 0.00923. The molecule has 0 spiro atoms. The van der Waals surface area contributed by atoms with Crippen molar-refractivity contribution in [2.75, 3.05) is 12.4 Å². The van der Waals surface area contributed by atoms with E-state index in [1.807, 2.05) is 78.1 Å². The molecule has 3 N–H and O–H groups in total. The molecule has 0 radical (unpaired) electrons. The van der Waals surface area contributed by atoms with Crippen molar-refractivity contribution >= 4 is 23.2 Å². The first-order chi connectivity index (χ1) is 13.6. The molecule has 0 saturated heterocycles. The highest BCUT2D eigenvalue weighted by Crippen LogP contribution is 2.22. The molecule has 144 valence electrons. The van der Waals surface area contributed by atoms with Gasteiger partial charge in [0, 0.05) is 27.9 Å². The first-order valence-electron chi connectivity index (χ1n) is 9.17. The van der Waals surface area contributed by atoms with Gasteiger partial charge in [0.05, 0.1) is 7.11 Å². The highest BCUT2D eigenvalue weighted by Gasteiger charge is 2.27. The van der Waals surface area contributed by atoms with Gasteiger partial charge in [-0.25, -0.2) is 0 Å². The monoisotopic (exact) mass is 395 g/mol. The summed E-state index contributed by atoms with van der Waals surface area (Å²) in [6.07, 6.45) is 0. The fraction of sp³-hybridized carbons (Fsp3) is 0.174. The molecule has 4 nitrogen and oxygen atoms in total. The van der Waals surface area contributed by atoms with Crippen LogP contribution in [0.4, 0.5) is 5.69 Å². The SMILES string of the molecule is COc1cccc(NC(=O)[C@H]([NH2+][C@@H](C)c2ccccc2Cl)c2ccccc2)c1. The number of amides is 1. The van der Waals surface area contributed by atoms with Gasteiger partial charge < -0.3 is 15.4 Å². The average Bonchev–Trinajstić information content (AvgIpc) is 2.73. The zero-order chi connectivity index (χ0) is 19.9. The number of hydrogen-bond acceptors (Lipinski definition) is 2. The maximum absolute atomic E-state index is 13.1. The Hall–Kier alpha value is -2.82. The van der Waals surface area contributed by atoms with E-state index in [1.54, 1.807) is 13.2 Å². The van der Waals surface area contributed by atoms with Gasteiger partial charge in [0.1, 0.15) is 11.8 Å². The summed E-state index contributed by atoms with van der Waals surface area (Å²) in [4.78, 5) is 13.1. The predicted octanol–water partition coefficient (Wildman–Crippen LogP) is 4.35. The molecule has 0 bridgehead atoms. The minimum atomic E-state index is -0.418. The van der Waals surface area contributed by atoms with Crippen LogP contribution in [-0.4, -0.2) is 13.0 Å². The van der Waals surface area contributed by atoms with E-state index in [0.29, 0.717) is 16.5 Å². The third-order valence-corrected chi connectivity index (χ3v) is 5.00. The second-order valence-electron chi connectivity index (χ2n) is 6.61. The minimum Gasteiger partial charge on any atom is -0.497 e. The molecule has 0 aliphatic rings. The number of benzene rings is 3. The fourth-order valence-corrected chi connectivity index (χ4v) is 3.48. The van der Waals surface area contributed by atoms with Crippen LogP contribution in [0.1, 0.15) is 30.1 Å². The number of rotatable bonds is 7. The topological polar surface area (TPSA) is 54.9 Å². The van der Waals surface area contributed by atoms with Crippen molar-refractivity contribution in [2.24, 2.45) is 0 Å². The lowest BCUT2D eigenvalue weighted by atomic mass is 10.0. The molecule has 2 atom stereocenters. The predicted molar refractivity (Wildman–Crippen MR) is 113 cm³/mol. The van der Waals surface area contributed by atoms with Gasteiger partial charge in [0.25, 0.3) is 5.91 Å². The molecule has 0 unspecified atom stereocenters. The van der Waals surface area contributed by atoms with E-state index in [-0.39, 0.29) is 11.9 Å². The largest absolute Gasteiger partial charge is 0.497 e. The van der Waals surface area contributed by atoms with Crippen LogP contribution in [0, 0.1) is 0 Å². The molecule has 0 aromatic heterocycles. The molecule has 3 aromatic carbocycles. The van der Waals surface area contributed by atoms with Crippen LogP contribution in [0.5, 0.6) is 5.75 Å². The van der Waals surface area contributed by atoms with E-state index in [9.17, 15) is 4.79 Å². The smallest absolute Gasteiger partial charge is 0.287 e. The van der Waals surface area contributed by atoms with Crippen molar-refractivity contribution in [1.29, 1.82) is 0 Å².